The van der Waals surface area contributed by atoms with Gasteiger partial charge in [-0.15, -0.1) is 0 Å². The first-order valence-corrected chi connectivity index (χ1v) is 5.20. The molecule has 17 heavy (non-hydrogen) atoms. The van der Waals surface area contributed by atoms with Crippen LogP contribution in [0.25, 0.3) is 5.95 Å². The van der Waals surface area contributed by atoms with Crippen molar-refractivity contribution in [1.29, 1.82) is 0 Å². The van der Waals surface area contributed by atoms with Crippen LogP contribution >= 0.6 is 11.6 Å². The van der Waals surface area contributed by atoms with Crippen molar-refractivity contribution in [3.05, 3.63) is 17.9 Å². The Morgan fingerprint density at radius 3 is 2.88 bits per heavy atom. The fraction of sp³-hybridized carbons (Fsp3) is 0.375. The first-order chi connectivity index (χ1) is 8.31. The quantitative estimate of drug-likeness (QED) is 0.755. The van der Waals surface area contributed by atoms with Crippen molar-refractivity contribution in [2.24, 2.45) is 0 Å². The lowest BCUT2D eigenvalue weighted by molar-refractivity contribution is -0.0832. The highest BCUT2D eigenvalue weighted by atomic mass is 35.5. The Morgan fingerprint density at radius 1 is 1.35 bits per heavy atom. The minimum Gasteiger partial charge on any atom is -0.455 e. The zero-order valence-electron chi connectivity index (χ0n) is 8.52. The summed E-state index contributed by atoms with van der Waals surface area (Å²) in [6, 6.07) is 0.156. The molecule has 1 fully saturated rings. The molecule has 0 atom stereocenters. The van der Waals surface area contributed by atoms with Crippen LogP contribution in [-0.2, 0) is 4.74 Å². The normalized spacial score (nSPS) is 15.6. The Bertz CT molecular complexity index is 515. The molecular formula is C8H7ClN6O2. The topological polar surface area (TPSA) is 87.8 Å². The SMILES string of the molecule is Clc1nc(OC2COC2)nc(-n2cncn2)n1. The molecule has 0 radical (unpaired) electrons. The molecule has 0 aromatic carbocycles. The molecule has 1 aliphatic rings. The van der Waals surface area contributed by atoms with E-state index in [4.69, 9.17) is 21.1 Å². The predicted molar refractivity (Wildman–Crippen MR) is 55.0 cm³/mol. The second kappa shape index (κ2) is 4.22. The molecule has 2 aromatic heterocycles. The molecule has 3 rings (SSSR count). The van der Waals surface area contributed by atoms with E-state index in [1.807, 2.05) is 0 Å². The predicted octanol–water partition coefficient (Wildman–Crippen LogP) is -0.117. The molecule has 2 aromatic rings. The lowest BCUT2D eigenvalue weighted by Crippen LogP contribution is -2.39. The molecule has 9 heteroatoms. The highest BCUT2D eigenvalue weighted by Crippen LogP contribution is 2.14. The third kappa shape index (κ3) is 2.17. The Balaban J connectivity index is 1.89. The lowest BCUT2D eigenvalue weighted by atomic mass is 10.3. The van der Waals surface area contributed by atoms with Crippen molar-refractivity contribution in [2.45, 2.75) is 6.10 Å². The van der Waals surface area contributed by atoms with Crippen LogP contribution in [0.1, 0.15) is 0 Å². The van der Waals surface area contributed by atoms with Crippen molar-refractivity contribution >= 4 is 11.6 Å². The van der Waals surface area contributed by atoms with Crippen LogP contribution in [0.5, 0.6) is 6.01 Å². The van der Waals surface area contributed by atoms with E-state index in [1.165, 1.54) is 17.3 Å². The fourth-order valence-corrected chi connectivity index (χ4v) is 1.37. The third-order valence-corrected chi connectivity index (χ3v) is 2.25. The van der Waals surface area contributed by atoms with Gasteiger partial charge in [-0.2, -0.15) is 24.7 Å². The second-order valence-corrected chi connectivity index (χ2v) is 3.64. The van der Waals surface area contributed by atoms with Crippen LogP contribution in [0.2, 0.25) is 5.28 Å². The molecule has 0 aliphatic carbocycles. The smallest absolute Gasteiger partial charge is 0.323 e. The maximum atomic E-state index is 5.78. The van der Waals surface area contributed by atoms with Gasteiger partial charge in [-0.05, 0) is 11.6 Å². The fourth-order valence-electron chi connectivity index (χ4n) is 1.22. The maximum absolute atomic E-state index is 5.78. The summed E-state index contributed by atoms with van der Waals surface area (Å²) in [6.45, 7) is 1.06. The minimum atomic E-state index is -0.0305. The molecule has 1 aliphatic heterocycles. The summed E-state index contributed by atoms with van der Waals surface area (Å²) in [5, 5.41) is 3.94. The van der Waals surface area contributed by atoms with Crippen molar-refractivity contribution in [1.82, 2.24) is 29.7 Å². The third-order valence-electron chi connectivity index (χ3n) is 2.08. The van der Waals surface area contributed by atoms with Crippen LogP contribution in [0.15, 0.2) is 12.7 Å². The van der Waals surface area contributed by atoms with Gasteiger partial charge < -0.3 is 9.47 Å². The van der Waals surface area contributed by atoms with Gasteiger partial charge in [0.05, 0.1) is 13.2 Å². The number of ether oxygens (including phenoxy) is 2. The zero-order chi connectivity index (χ0) is 11.7. The summed E-state index contributed by atoms with van der Waals surface area (Å²) in [5.74, 6) is 0.262. The summed E-state index contributed by atoms with van der Waals surface area (Å²) in [7, 11) is 0. The van der Waals surface area contributed by atoms with Gasteiger partial charge in [0.2, 0.25) is 5.28 Å². The summed E-state index contributed by atoms with van der Waals surface area (Å²) >= 11 is 5.78. The monoisotopic (exact) mass is 254 g/mol. The number of aromatic nitrogens is 6. The largest absolute Gasteiger partial charge is 0.455 e. The van der Waals surface area contributed by atoms with Gasteiger partial charge in [-0.3, -0.25) is 0 Å². The number of rotatable bonds is 3. The van der Waals surface area contributed by atoms with E-state index >= 15 is 0 Å². The van der Waals surface area contributed by atoms with Crippen LogP contribution < -0.4 is 4.74 Å². The van der Waals surface area contributed by atoms with Crippen LogP contribution in [0.4, 0.5) is 0 Å². The van der Waals surface area contributed by atoms with E-state index in [9.17, 15) is 0 Å². The van der Waals surface area contributed by atoms with Gasteiger partial charge in [0.1, 0.15) is 18.8 Å². The average Bonchev–Trinajstić information content (AvgIpc) is 2.76. The van der Waals surface area contributed by atoms with Gasteiger partial charge in [0.25, 0.3) is 5.95 Å². The van der Waals surface area contributed by atoms with Crippen molar-refractivity contribution < 1.29 is 9.47 Å². The Labute approximate surface area is 101 Å². The molecule has 0 amide bonds. The summed E-state index contributed by atoms with van der Waals surface area (Å²) in [6.07, 6.45) is 2.80. The molecule has 0 bridgehead atoms. The first-order valence-electron chi connectivity index (χ1n) is 4.82. The van der Waals surface area contributed by atoms with Crippen molar-refractivity contribution in [3.63, 3.8) is 0 Å². The highest BCUT2D eigenvalue weighted by molar-refractivity contribution is 6.28. The molecule has 0 N–H and O–H groups in total. The zero-order valence-corrected chi connectivity index (χ0v) is 9.28. The van der Waals surface area contributed by atoms with Crippen LogP contribution in [-0.4, -0.2) is 49.0 Å². The van der Waals surface area contributed by atoms with E-state index in [0.29, 0.717) is 13.2 Å². The van der Waals surface area contributed by atoms with Gasteiger partial charge in [0, 0.05) is 0 Å². The van der Waals surface area contributed by atoms with E-state index in [-0.39, 0.29) is 23.3 Å². The van der Waals surface area contributed by atoms with Gasteiger partial charge in [-0.1, -0.05) is 0 Å². The lowest BCUT2D eigenvalue weighted by Gasteiger charge is -2.25. The minimum absolute atomic E-state index is 0.0305. The summed E-state index contributed by atoms with van der Waals surface area (Å²) in [4.78, 5) is 15.7. The van der Waals surface area contributed by atoms with Crippen LogP contribution in [0, 0.1) is 0 Å². The molecule has 0 spiro atoms. The van der Waals surface area contributed by atoms with E-state index in [1.54, 1.807) is 0 Å². The molecule has 8 nitrogen and oxygen atoms in total. The number of hydrogen-bond acceptors (Lipinski definition) is 7. The maximum Gasteiger partial charge on any atom is 0.323 e. The number of hydrogen-bond donors (Lipinski definition) is 0. The Morgan fingerprint density at radius 2 is 2.24 bits per heavy atom. The van der Waals surface area contributed by atoms with Crippen molar-refractivity contribution in [3.8, 4) is 12.0 Å². The summed E-state index contributed by atoms with van der Waals surface area (Å²) < 4.78 is 11.8. The molecule has 0 saturated carbocycles. The Hall–Kier alpha value is -1.80. The molecule has 88 valence electrons. The average molecular weight is 255 g/mol. The van der Waals surface area contributed by atoms with E-state index in [0.717, 1.165) is 0 Å². The Kier molecular flexibility index (Phi) is 2.57. The molecular weight excluding hydrogens is 248 g/mol. The van der Waals surface area contributed by atoms with E-state index in [2.05, 4.69) is 25.0 Å². The number of halogens is 1. The standard InChI is InChI=1S/C8H7ClN6O2/c9-6-12-7(15-4-10-3-11-15)14-8(13-6)17-5-1-16-2-5/h3-5H,1-2H2. The van der Waals surface area contributed by atoms with Gasteiger partial charge >= 0.3 is 6.01 Å². The molecule has 0 unspecified atom stereocenters. The molecule has 3 heterocycles. The van der Waals surface area contributed by atoms with Gasteiger partial charge in [0.15, 0.2) is 0 Å². The number of nitrogens with zero attached hydrogens (tertiary/aromatic N) is 6. The first kappa shape index (κ1) is 10.4. The van der Waals surface area contributed by atoms with Crippen LogP contribution in [0.3, 0.4) is 0 Å². The van der Waals surface area contributed by atoms with Crippen molar-refractivity contribution in [2.75, 3.05) is 13.2 Å². The molecule has 1 saturated heterocycles. The summed E-state index contributed by atoms with van der Waals surface area (Å²) in [5.41, 5.74) is 0. The van der Waals surface area contributed by atoms with E-state index < -0.39 is 0 Å². The van der Waals surface area contributed by atoms with Gasteiger partial charge in [-0.25, -0.2) is 4.98 Å². The second-order valence-electron chi connectivity index (χ2n) is 3.30. The highest BCUT2D eigenvalue weighted by Gasteiger charge is 2.22.